The Kier molecular flexibility index (Phi) is 4.73. The lowest BCUT2D eigenvalue weighted by molar-refractivity contribution is 0.541. The van der Waals surface area contributed by atoms with Crippen molar-refractivity contribution in [2.75, 3.05) is 5.32 Å². The zero-order valence-electron chi connectivity index (χ0n) is 15.8. The molecule has 0 aliphatic carbocycles. The summed E-state index contributed by atoms with van der Waals surface area (Å²) in [7, 11) is 0. The summed E-state index contributed by atoms with van der Waals surface area (Å²) in [4.78, 5) is 26.2. The molecular weight excluding hydrogens is 374 g/mol. The van der Waals surface area contributed by atoms with E-state index in [2.05, 4.69) is 20.3 Å². The van der Waals surface area contributed by atoms with Gasteiger partial charge in [0.2, 0.25) is 0 Å². The number of halogens is 1. The van der Waals surface area contributed by atoms with Gasteiger partial charge in [0.15, 0.2) is 5.82 Å². The Labute approximate surface area is 167 Å². The average Bonchev–Trinajstić information content (AvgIpc) is 2.67. The Morgan fingerprint density at radius 1 is 1.07 bits per heavy atom. The molecule has 0 aliphatic rings. The molecule has 4 aromatic rings. The monoisotopic (exact) mass is 393 g/mol. The van der Waals surface area contributed by atoms with Crippen LogP contribution in [-0.4, -0.2) is 19.5 Å². The van der Waals surface area contributed by atoms with E-state index in [0.29, 0.717) is 21.7 Å². The summed E-state index contributed by atoms with van der Waals surface area (Å²) in [6.45, 7) is 5.98. The number of rotatable bonds is 4. The van der Waals surface area contributed by atoms with Gasteiger partial charge in [-0.3, -0.25) is 9.78 Å². The van der Waals surface area contributed by atoms with Crippen molar-refractivity contribution in [3.05, 3.63) is 70.0 Å². The zero-order chi connectivity index (χ0) is 19.8. The Bertz CT molecular complexity index is 1230. The van der Waals surface area contributed by atoms with Crippen LogP contribution in [0.1, 0.15) is 38.5 Å². The smallest absolute Gasteiger partial charge is 0.260 e. The quantitative estimate of drug-likeness (QED) is 0.541. The van der Waals surface area contributed by atoms with Crippen molar-refractivity contribution < 1.29 is 0 Å². The second-order valence-electron chi connectivity index (χ2n) is 7.00. The molecule has 0 radical (unpaired) electrons. The second kappa shape index (κ2) is 7.20. The van der Waals surface area contributed by atoms with Crippen LogP contribution < -0.4 is 10.9 Å². The van der Waals surface area contributed by atoms with Gasteiger partial charge in [0.25, 0.3) is 5.56 Å². The number of nitrogens with one attached hydrogen (secondary N) is 1. The predicted octanol–water partition coefficient (Wildman–Crippen LogP) is 4.75. The molecule has 0 saturated heterocycles. The molecule has 4 rings (SSSR count). The van der Waals surface area contributed by atoms with E-state index in [1.807, 2.05) is 51.1 Å². The fourth-order valence-corrected chi connectivity index (χ4v) is 3.76. The SMILES string of the molecule is CC(C)n1c([C@H](C)Nc2ncnc3cccnc23)cc2cccc(Cl)c2c1=O. The van der Waals surface area contributed by atoms with Crippen molar-refractivity contribution in [2.24, 2.45) is 0 Å². The molecule has 3 aromatic heterocycles. The molecule has 0 amide bonds. The van der Waals surface area contributed by atoms with Gasteiger partial charge in [-0.15, -0.1) is 0 Å². The van der Waals surface area contributed by atoms with Crippen molar-refractivity contribution in [3.63, 3.8) is 0 Å². The zero-order valence-corrected chi connectivity index (χ0v) is 16.6. The lowest BCUT2D eigenvalue weighted by atomic mass is 10.1. The van der Waals surface area contributed by atoms with Gasteiger partial charge in [-0.05, 0) is 50.4 Å². The maximum atomic E-state index is 13.2. The summed E-state index contributed by atoms with van der Waals surface area (Å²) in [5.41, 5.74) is 2.22. The second-order valence-corrected chi connectivity index (χ2v) is 7.41. The van der Waals surface area contributed by atoms with E-state index < -0.39 is 0 Å². The van der Waals surface area contributed by atoms with Crippen LogP contribution in [0.2, 0.25) is 5.02 Å². The van der Waals surface area contributed by atoms with E-state index in [4.69, 9.17) is 11.6 Å². The van der Waals surface area contributed by atoms with E-state index in [1.54, 1.807) is 16.8 Å². The van der Waals surface area contributed by atoms with Crippen LogP contribution in [0.3, 0.4) is 0 Å². The van der Waals surface area contributed by atoms with Crippen molar-refractivity contribution in [3.8, 4) is 0 Å². The molecule has 0 unspecified atom stereocenters. The van der Waals surface area contributed by atoms with Crippen molar-refractivity contribution in [2.45, 2.75) is 32.9 Å². The molecule has 0 saturated carbocycles. The molecule has 1 aromatic carbocycles. The van der Waals surface area contributed by atoms with Gasteiger partial charge in [0.1, 0.15) is 11.8 Å². The molecule has 142 valence electrons. The minimum absolute atomic E-state index is 0.0207. The largest absolute Gasteiger partial charge is 0.360 e. The highest BCUT2D eigenvalue weighted by Crippen LogP contribution is 2.27. The summed E-state index contributed by atoms with van der Waals surface area (Å²) in [5, 5.41) is 5.23. The molecule has 1 atom stereocenters. The van der Waals surface area contributed by atoms with Gasteiger partial charge in [-0.1, -0.05) is 23.7 Å². The van der Waals surface area contributed by atoms with Gasteiger partial charge < -0.3 is 9.88 Å². The van der Waals surface area contributed by atoms with Gasteiger partial charge in [-0.2, -0.15) is 0 Å². The van der Waals surface area contributed by atoms with Crippen molar-refractivity contribution >= 4 is 39.2 Å². The first-order valence-electron chi connectivity index (χ1n) is 9.13. The highest BCUT2D eigenvalue weighted by Gasteiger charge is 2.19. The van der Waals surface area contributed by atoms with E-state index in [9.17, 15) is 4.79 Å². The minimum atomic E-state index is -0.182. The number of anilines is 1. The molecule has 0 fully saturated rings. The maximum Gasteiger partial charge on any atom is 0.260 e. The van der Waals surface area contributed by atoms with Crippen LogP contribution in [-0.2, 0) is 0 Å². The summed E-state index contributed by atoms with van der Waals surface area (Å²) in [6.07, 6.45) is 3.22. The van der Waals surface area contributed by atoms with E-state index in [-0.39, 0.29) is 17.6 Å². The Hall–Kier alpha value is -2.99. The third kappa shape index (κ3) is 3.10. The van der Waals surface area contributed by atoms with Crippen molar-refractivity contribution in [1.82, 2.24) is 19.5 Å². The molecule has 0 bridgehead atoms. The van der Waals surface area contributed by atoms with Gasteiger partial charge in [-0.25, -0.2) is 9.97 Å². The summed E-state index contributed by atoms with van der Waals surface area (Å²) >= 11 is 6.31. The number of hydrogen-bond acceptors (Lipinski definition) is 5. The highest BCUT2D eigenvalue weighted by molar-refractivity contribution is 6.35. The number of hydrogen-bond donors (Lipinski definition) is 1. The fraction of sp³-hybridized carbons (Fsp3) is 0.238. The number of fused-ring (bicyclic) bond motifs is 2. The molecule has 3 heterocycles. The van der Waals surface area contributed by atoms with Gasteiger partial charge in [0, 0.05) is 17.9 Å². The standard InChI is InChI=1S/C21H20ClN5O/c1-12(2)27-17(10-14-6-4-7-15(22)18(14)21(27)28)13(3)26-20-19-16(24-11-25-20)8-5-9-23-19/h4-13H,1-3H3,(H,24,25,26)/t13-/m0/s1. The number of nitrogens with zero attached hydrogens (tertiary/aromatic N) is 4. The van der Waals surface area contributed by atoms with Crippen LogP contribution in [0.25, 0.3) is 21.8 Å². The first-order chi connectivity index (χ1) is 13.5. The van der Waals surface area contributed by atoms with Crippen LogP contribution in [0, 0.1) is 0 Å². The average molecular weight is 394 g/mol. The van der Waals surface area contributed by atoms with E-state index in [0.717, 1.165) is 16.6 Å². The summed E-state index contributed by atoms with van der Waals surface area (Å²) in [5.74, 6) is 0.632. The molecule has 6 nitrogen and oxygen atoms in total. The highest BCUT2D eigenvalue weighted by atomic mass is 35.5. The van der Waals surface area contributed by atoms with Crippen LogP contribution >= 0.6 is 11.6 Å². The first kappa shape index (κ1) is 18.4. The Morgan fingerprint density at radius 3 is 2.68 bits per heavy atom. The summed E-state index contributed by atoms with van der Waals surface area (Å²) in [6, 6.07) is 11.0. The maximum absolute atomic E-state index is 13.2. The molecular formula is C21H20ClN5O. The Balaban J connectivity index is 1.86. The van der Waals surface area contributed by atoms with Crippen LogP contribution in [0.15, 0.2) is 53.7 Å². The van der Waals surface area contributed by atoms with E-state index >= 15 is 0 Å². The molecule has 1 N–H and O–H groups in total. The minimum Gasteiger partial charge on any atom is -0.360 e. The third-order valence-corrected chi connectivity index (χ3v) is 5.08. The number of benzene rings is 1. The molecule has 0 spiro atoms. The third-order valence-electron chi connectivity index (χ3n) is 4.77. The Morgan fingerprint density at radius 2 is 1.89 bits per heavy atom. The molecule has 0 aliphatic heterocycles. The fourth-order valence-electron chi connectivity index (χ4n) is 3.50. The molecule has 7 heteroatoms. The van der Waals surface area contributed by atoms with Gasteiger partial charge >= 0.3 is 0 Å². The number of aromatic nitrogens is 4. The topological polar surface area (TPSA) is 72.7 Å². The van der Waals surface area contributed by atoms with Crippen LogP contribution in [0.4, 0.5) is 5.82 Å². The summed E-state index contributed by atoms with van der Waals surface area (Å²) < 4.78 is 1.78. The van der Waals surface area contributed by atoms with Gasteiger partial charge in [0.05, 0.1) is 22.0 Å². The normalized spacial score (nSPS) is 12.6. The van der Waals surface area contributed by atoms with Crippen LogP contribution in [0.5, 0.6) is 0 Å². The molecule has 28 heavy (non-hydrogen) atoms. The predicted molar refractivity (Wildman–Crippen MR) is 113 cm³/mol. The lowest BCUT2D eigenvalue weighted by Gasteiger charge is -2.23. The lowest BCUT2D eigenvalue weighted by Crippen LogP contribution is -2.28. The first-order valence-corrected chi connectivity index (χ1v) is 9.51. The van der Waals surface area contributed by atoms with E-state index in [1.165, 1.54) is 6.33 Å². The number of pyridine rings is 2. The van der Waals surface area contributed by atoms with Crippen molar-refractivity contribution in [1.29, 1.82) is 0 Å².